The minimum Gasteiger partial charge on any atom is -0.489 e. The Morgan fingerprint density at radius 3 is 2.67 bits per heavy atom. The van der Waals surface area contributed by atoms with Gasteiger partial charge in [-0.2, -0.15) is 0 Å². The number of aryl methyl sites for hydroxylation is 1. The van der Waals surface area contributed by atoms with Crippen molar-refractivity contribution >= 4 is 22.6 Å². The van der Waals surface area contributed by atoms with Crippen molar-refractivity contribution in [2.24, 2.45) is 0 Å². The third-order valence-corrected chi connectivity index (χ3v) is 2.92. The number of fused-ring (bicyclic) bond motifs is 1. The molecule has 0 fully saturated rings. The first-order valence-corrected chi connectivity index (χ1v) is 6.32. The van der Waals surface area contributed by atoms with Gasteiger partial charge in [-0.05, 0) is 31.9 Å². The zero-order chi connectivity index (χ0) is 13.3. The lowest BCUT2D eigenvalue weighted by Crippen LogP contribution is -2.06. The second-order valence-corrected chi connectivity index (χ2v) is 4.80. The Bertz CT molecular complexity index is 629. The van der Waals surface area contributed by atoms with E-state index >= 15 is 0 Å². The van der Waals surface area contributed by atoms with E-state index in [1.807, 2.05) is 20.8 Å². The van der Waals surface area contributed by atoms with Crippen LogP contribution in [0, 0.1) is 0 Å². The Labute approximate surface area is 110 Å². The lowest BCUT2D eigenvalue weighted by atomic mass is 10.1. The molecule has 2 rings (SSSR count). The fourth-order valence-corrected chi connectivity index (χ4v) is 2.07. The van der Waals surface area contributed by atoms with E-state index in [9.17, 15) is 4.79 Å². The standard InChI is InChI=1S/C14H15ClO3/c1-4-9-5-14(16)18-12-7-13(17-8(2)3)11(15)6-10(9)12/h5-8H,4H2,1-3H3. The van der Waals surface area contributed by atoms with Crippen LogP contribution in [0.4, 0.5) is 0 Å². The number of benzene rings is 1. The molecule has 0 atom stereocenters. The molecule has 0 saturated heterocycles. The van der Waals surface area contributed by atoms with Crippen LogP contribution in [0.2, 0.25) is 5.02 Å². The first-order chi connectivity index (χ1) is 8.51. The Balaban J connectivity index is 2.67. The third-order valence-electron chi connectivity index (χ3n) is 2.63. The van der Waals surface area contributed by atoms with Crippen LogP contribution in [-0.4, -0.2) is 6.10 Å². The van der Waals surface area contributed by atoms with Crippen molar-refractivity contribution in [3.05, 3.63) is 39.2 Å². The van der Waals surface area contributed by atoms with E-state index in [4.69, 9.17) is 20.8 Å². The summed E-state index contributed by atoms with van der Waals surface area (Å²) in [6, 6.07) is 4.97. The Morgan fingerprint density at radius 1 is 1.33 bits per heavy atom. The zero-order valence-electron chi connectivity index (χ0n) is 10.6. The molecule has 96 valence electrons. The first-order valence-electron chi connectivity index (χ1n) is 5.94. The molecule has 0 aliphatic heterocycles. The number of hydrogen-bond donors (Lipinski definition) is 0. The van der Waals surface area contributed by atoms with E-state index in [0.717, 1.165) is 17.4 Å². The highest BCUT2D eigenvalue weighted by molar-refractivity contribution is 6.32. The van der Waals surface area contributed by atoms with E-state index in [0.29, 0.717) is 16.4 Å². The molecule has 0 amide bonds. The first kappa shape index (κ1) is 13.0. The largest absolute Gasteiger partial charge is 0.489 e. The van der Waals surface area contributed by atoms with Gasteiger partial charge in [0, 0.05) is 17.5 Å². The van der Waals surface area contributed by atoms with Gasteiger partial charge in [-0.15, -0.1) is 0 Å². The summed E-state index contributed by atoms with van der Waals surface area (Å²) in [4.78, 5) is 11.4. The maximum atomic E-state index is 11.4. The summed E-state index contributed by atoms with van der Waals surface area (Å²) in [5.41, 5.74) is 1.09. The van der Waals surface area contributed by atoms with Crippen molar-refractivity contribution in [3.8, 4) is 5.75 Å². The summed E-state index contributed by atoms with van der Waals surface area (Å²) in [7, 11) is 0. The molecule has 1 heterocycles. The summed E-state index contributed by atoms with van der Waals surface area (Å²) in [5, 5.41) is 1.39. The molecule has 2 aromatic rings. The monoisotopic (exact) mass is 266 g/mol. The van der Waals surface area contributed by atoms with E-state index in [1.54, 1.807) is 12.1 Å². The molecular weight excluding hydrogens is 252 g/mol. The summed E-state index contributed by atoms with van der Waals surface area (Å²) in [6.45, 7) is 5.82. The highest BCUT2D eigenvalue weighted by Crippen LogP contribution is 2.31. The van der Waals surface area contributed by atoms with Gasteiger partial charge in [-0.25, -0.2) is 4.79 Å². The van der Waals surface area contributed by atoms with Gasteiger partial charge in [0.15, 0.2) is 0 Å². The maximum Gasteiger partial charge on any atom is 0.336 e. The maximum absolute atomic E-state index is 11.4. The van der Waals surface area contributed by atoms with Gasteiger partial charge >= 0.3 is 5.63 Å². The second-order valence-electron chi connectivity index (χ2n) is 4.39. The van der Waals surface area contributed by atoms with Crippen LogP contribution in [0.3, 0.4) is 0 Å². The number of ether oxygens (including phenoxy) is 1. The Kier molecular flexibility index (Phi) is 3.62. The molecular formula is C14H15ClO3. The molecule has 0 aliphatic carbocycles. The van der Waals surface area contributed by atoms with Crippen LogP contribution in [-0.2, 0) is 6.42 Å². The van der Waals surface area contributed by atoms with Crippen molar-refractivity contribution in [1.29, 1.82) is 0 Å². The van der Waals surface area contributed by atoms with E-state index in [1.165, 1.54) is 6.07 Å². The van der Waals surface area contributed by atoms with E-state index in [-0.39, 0.29) is 11.7 Å². The number of hydrogen-bond acceptors (Lipinski definition) is 3. The van der Waals surface area contributed by atoms with E-state index in [2.05, 4.69) is 0 Å². The molecule has 0 radical (unpaired) electrons. The van der Waals surface area contributed by atoms with Crippen LogP contribution in [0.5, 0.6) is 5.75 Å². The predicted molar refractivity (Wildman–Crippen MR) is 72.6 cm³/mol. The van der Waals surface area contributed by atoms with Crippen molar-refractivity contribution in [2.75, 3.05) is 0 Å². The highest BCUT2D eigenvalue weighted by Gasteiger charge is 2.11. The zero-order valence-corrected chi connectivity index (χ0v) is 11.4. The molecule has 0 bridgehead atoms. The molecule has 0 saturated carbocycles. The van der Waals surface area contributed by atoms with Gasteiger partial charge in [0.2, 0.25) is 0 Å². The lowest BCUT2D eigenvalue weighted by molar-refractivity contribution is 0.242. The van der Waals surface area contributed by atoms with Crippen LogP contribution < -0.4 is 10.4 Å². The topological polar surface area (TPSA) is 39.4 Å². The molecule has 1 aromatic heterocycles. The van der Waals surface area contributed by atoms with Crippen LogP contribution in [0.25, 0.3) is 11.0 Å². The van der Waals surface area contributed by atoms with Gasteiger partial charge in [0.1, 0.15) is 11.3 Å². The summed E-state index contributed by atoms with van der Waals surface area (Å²) in [6.07, 6.45) is 0.768. The van der Waals surface area contributed by atoms with Crippen molar-refractivity contribution in [3.63, 3.8) is 0 Å². The fourth-order valence-electron chi connectivity index (χ4n) is 1.86. The summed E-state index contributed by atoms with van der Waals surface area (Å²) in [5.74, 6) is 0.538. The van der Waals surface area contributed by atoms with Gasteiger partial charge in [0.05, 0.1) is 11.1 Å². The highest BCUT2D eigenvalue weighted by atomic mass is 35.5. The normalized spacial score (nSPS) is 11.2. The average molecular weight is 267 g/mol. The van der Waals surface area contributed by atoms with Crippen LogP contribution >= 0.6 is 11.6 Å². The number of rotatable bonds is 3. The predicted octanol–water partition coefficient (Wildman–Crippen LogP) is 3.80. The second kappa shape index (κ2) is 5.02. The molecule has 0 N–H and O–H groups in total. The van der Waals surface area contributed by atoms with Crippen LogP contribution in [0.1, 0.15) is 26.3 Å². The minimum atomic E-state index is -0.350. The molecule has 0 unspecified atom stereocenters. The molecule has 0 spiro atoms. The third kappa shape index (κ3) is 2.51. The molecule has 4 heteroatoms. The fraction of sp³-hybridized carbons (Fsp3) is 0.357. The molecule has 0 aliphatic rings. The molecule has 3 nitrogen and oxygen atoms in total. The Hall–Kier alpha value is -1.48. The number of halogens is 1. The SMILES string of the molecule is CCc1cc(=O)oc2cc(OC(C)C)c(Cl)cc12. The quantitative estimate of drug-likeness (QED) is 0.794. The molecule has 18 heavy (non-hydrogen) atoms. The van der Waals surface area contributed by atoms with Gasteiger partial charge in [-0.1, -0.05) is 18.5 Å². The van der Waals surface area contributed by atoms with E-state index < -0.39 is 0 Å². The van der Waals surface area contributed by atoms with Gasteiger partial charge in [0.25, 0.3) is 0 Å². The molecule has 1 aromatic carbocycles. The van der Waals surface area contributed by atoms with Crippen molar-refractivity contribution < 1.29 is 9.15 Å². The lowest BCUT2D eigenvalue weighted by Gasteiger charge is -2.12. The van der Waals surface area contributed by atoms with Crippen LogP contribution in [0.15, 0.2) is 27.4 Å². The van der Waals surface area contributed by atoms with Crippen molar-refractivity contribution in [1.82, 2.24) is 0 Å². The Morgan fingerprint density at radius 2 is 2.06 bits per heavy atom. The minimum absolute atomic E-state index is 0.0148. The summed E-state index contributed by atoms with van der Waals surface area (Å²) < 4.78 is 10.8. The smallest absolute Gasteiger partial charge is 0.336 e. The summed E-state index contributed by atoms with van der Waals surface area (Å²) >= 11 is 6.17. The van der Waals surface area contributed by atoms with Gasteiger partial charge in [-0.3, -0.25) is 0 Å². The average Bonchev–Trinajstić information content (AvgIpc) is 2.29. The van der Waals surface area contributed by atoms with Gasteiger partial charge < -0.3 is 9.15 Å². The van der Waals surface area contributed by atoms with Crippen molar-refractivity contribution in [2.45, 2.75) is 33.3 Å².